The zero-order chi connectivity index (χ0) is 21.8. The number of aromatic nitrogens is 1. The van der Waals surface area contributed by atoms with Gasteiger partial charge in [-0.2, -0.15) is 10.5 Å². The summed E-state index contributed by atoms with van der Waals surface area (Å²) in [5.74, 6) is 0.780. The maximum atomic E-state index is 9.41. The quantitative estimate of drug-likeness (QED) is 0.453. The van der Waals surface area contributed by atoms with Gasteiger partial charge in [-0.05, 0) is 65.5 Å². The van der Waals surface area contributed by atoms with Crippen LogP contribution in [0, 0.1) is 39.9 Å². The summed E-state index contributed by atoms with van der Waals surface area (Å²) >= 11 is 0. The standard InChI is InChI=1S/C28H25N3/c1-4-31-26-8-6-5-7-21(26)23-13-18(10-12-27(23)31)9-11-19-14-22(20(16-29)17-30)25-15-24(19)28(25,2)3/h5-14,24-25H,4,15H2,1-3H3/b11-9+/t24-,25+/m1/s1. The zero-order valence-electron chi connectivity index (χ0n) is 18.2. The summed E-state index contributed by atoms with van der Waals surface area (Å²) in [5.41, 5.74) is 6.18. The van der Waals surface area contributed by atoms with Gasteiger partial charge in [-0.3, -0.25) is 0 Å². The highest BCUT2D eigenvalue weighted by molar-refractivity contribution is 6.08. The number of nitrogens with zero attached hydrogens (tertiary/aromatic N) is 3. The molecule has 1 aromatic heterocycles. The number of allylic oxidation sites excluding steroid dienone is 5. The van der Waals surface area contributed by atoms with E-state index in [0.717, 1.165) is 24.1 Å². The molecule has 31 heavy (non-hydrogen) atoms. The first-order chi connectivity index (χ1) is 15.0. The minimum atomic E-state index is 0.0845. The topological polar surface area (TPSA) is 52.5 Å². The van der Waals surface area contributed by atoms with Crippen molar-refractivity contribution in [2.75, 3.05) is 0 Å². The second kappa shape index (κ2) is 7.00. The summed E-state index contributed by atoms with van der Waals surface area (Å²) in [4.78, 5) is 0. The third-order valence-corrected chi connectivity index (χ3v) is 7.46. The van der Waals surface area contributed by atoms with Crippen molar-refractivity contribution in [3.8, 4) is 12.1 Å². The van der Waals surface area contributed by atoms with Gasteiger partial charge in [-0.25, -0.2) is 0 Å². The fourth-order valence-corrected chi connectivity index (χ4v) is 5.67. The maximum absolute atomic E-state index is 9.41. The molecule has 6 rings (SSSR count). The van der Waals surface area contributed by atoms with Crippen molar-refractivity contribution in [1.29, 1.82) is 10.5 Å². The van der Waals surface area contributed by atoms with Gasteiger partial charge in [0.05, 0.1) is 0 Å². The zero-order valence-corrected chi connectivity index (χ0v) is 18.2. The van der Waals surface area contributed by atoms with Crippen LogP contribution in [0.1, 0.15) is 32.8 Å². The number of rotatable bonds is 3. The molecule has 0 saturated heterocycles. The van der Waals surface area contributed by atoms with Crippen molar-refractivity contribution >= 4 is 27.9 Å². The Balaban J connectivity index is 1.58. The van der Waals surface area contributed by atoms with E-state index >= 15 is 0 Å². The monoisotopic (exact) mass is 403 g/mol. The van der Waals surface area contributed by atoms with E-state index in [1.807, 2.05) is 0 Å². The highest BCUT2D eigenvalue weighted by Gasteiger charge is 2.53. The first kappa shape index (κ1) is 19.4. The van der Waals surface area contributed by atoms with Gasteiger partial charge in [0.15, 0.2) is 0 Å². The Hall–Kier alpha value is -3.56. The molecule has 2 bridgehead atoms. The van der Waals surface area contributed by atoms with E-state index in [0.29, 0.717) is 11.8 Å². The molecule has 2 atom stereocenters. The van der Waals surface area contributed by atoms with Crippen LogP contribution < -0.4 is 0 Å². The molecule has 0 spiro atoms. The first-order valence-corrected chi connectivity index (χ1v) is 10.9. The second-order valence-electron chi connectivity index (χ2n) is 9.23. The van der Waals surface area contributed by atoms with E-state index in [2.05, 4.69) is 98.2 Å². The largest absolute Gasteiger partial charge is 0.341 e. The number of hydrogen-bond acceptors (Lipinski definition) is 2. The van der Waals surface area contributed by atoms with Gasteiger partial charge in [0, 0.05) is 28.4 Å². The highest BCUT2D eigenvalue weighted by Crippen LogP contribution is 2.61. The Morgan fingerprint density at radius 2 is 1.77 bits per heavy atom. The SMILES string of the molecule is CCn1c2ccccc2c2cc(/C=C/C3=CC(=C(C#N)C#N)[C@@H]4C[C@H]3C4(C)C)ccc21. The minimum Gasteiger partial charge on any atom is -0.341 e. The van der Waals surface area contributed by atoms with Gasteiger partial charge in [0.1, 0.15) is 17.7 Å². The third kappa shape index (κ3) is 2.77. The number of nitriles is 2. The smallest absolute Gasteiger partial charge is 0.133 e. The van der Waals surface area contributed by atoms with Gasteiger partial charge in [-0.15, -0.1) is 0 Å². The van der Waals surface area contributed by atoms with Crippen LogP contribution in [0.25, 0.3) is 27.9 Å². The summed E-state index contributed by atoms with van der Waals surface area (Å²) in [6, 6.07) is 19.4. The van der Waals surface area contributed by atoms with Crippen LogP contribution in [0.4, 0.5) is 0 Å². The van der Waals surface area contributed by atoms with Crippen LogP contribution in [0.2, 0.25) is 0 Å². The fraction of sp³-hybridized carbons (Fsp3) is 0.286. The van der Waals surface area contributed by atoms with Gasteiger partial charge < -0.3 is 4.57 Å². The van der Waals surface area contributed by atoms with Crippen LogP contribution in [-0.2, 0) is 6.54 Å². The molecule has 152 valence electrons. The molecule has 3 aliphatic rings. The molecular weight excluding hydrogens is 378 g/mol. The Bertz CT molecular complexity index is 1380. The highest BCUT2D eigenvalue weighted by atomic mass is 15.0. The summed E-state index contributed by atoms with van der Waals surface area (Å²) in [6.07, 6.45) is 7.47. The van der Waals surface area contributed by atoms with Gasteiger partial charge in [0.25, 0.3) is 0 Å². The summed E-state index contributed by atoms with van der Waals surface area (Å²) < 4.78 is 2.36. The molecule has 2 aromatic carbocycles. The predicted molar refractivity (Wildman–Crippen MR) is 126 cm³/mol. The lowest BCUT2D eigenvalue weighted by Gasteiger charge is -2.57. The number of benzene rings is 2. The van der Waals surface area contributed by atoms with Crippen LogP contribution >= 0.6 is 0 Å². The van der Waals surface area contributed by atoms with Crippen LogP contribution in [0.15, 0.2) is 71.3 Å². The Morgan fingerprint density at radius 1 is 1.03 bits per heavy atom. The molecule has 3 aromatic rings. The van der Waals surface area contributed by atoms with Crippen molar-refractivity contribution in [3.63, 3.8) is 0 Å². The average Bonchev–Trinajstić information content (AvgIpc) is 3.11. The lowest BCUT2D eigenvalue weighted by Crippen LogP contribution is -2.49. The Morgan fingerprint density at radius 3 is 2.48 bits per heavy atom. The lowest BCUT2D eigenvalue weighted by molar-refractivity contribution is 0.0262. The van der Waals surface area contributed by atoms with Crippen molar-refractivity contribution in [2.24, 2.45) is 17.3 Å². The van der Waals surface area contributed by atoms with E-state index in [1.165, 1.54) is 27.4 Å². The normalized spacial score (nSPS) is 21.6. The second-order valence-corrected chi connectivity index (χ2v) is 9.23. The van der Waals surface area contributed by atoms with Crippen molar-refractivity contribution in [1.82, 2.24) is 4.57 Å². The Kier molecular flexibility index (Phi) is 4.38. The molecule has 1 fully saturated rings. The number of para-hydroxylation sites is 1. The molecule has 0 radical (unpaired) electrons. The summed E-state index contributed by atoms with van der Waals surface area (Å²) in [5, 5.41) is 21.4. The summed E-state index contributed by atoms with van der Waals surface area (Å²) in [6.45, 7) is 7.64. The van der Waals surface area contributed by atoms with E-state index in [4.69, 9.17) is 0 Å². The molecule has 0 aliphatic heterocycles. The van der Waals surface area contributed by atoms with E-state index < -0.39 is 0 Å². The molecule has 0 N–H and O–H groups in total. The lowest BCUT2D eigenvalue weighted by atomic mass is 9.47. The van der Waals surface area contributed by atoms with Crippen LogP contribution in [0.5, 0.6) is 0 Å². The first-order valence-electron chi connectivity index (χ1n) is 10.9. The van der Waals surface area contributed by atoms with Crippen molar-refractivity contribution in [2.45, 2.75) is 33.7 Å². The minimum absolute atomic E-state index is 0.0845. The third-order valence-electron chi connectivity index (χ3n) is 7.46. The number of hydrogen-bond donors (Lipinski definition) is 0. The number of aryl methyl sites for hydroxylation is 1. The van der Waals surface area contributed by atoms with Gasteiger partial charge >= 0.3 is 0 Å². The fourth-order valence-electron chi connectivity index (χ4n) is 5.67. The van der Waals surface area contributed by atoms with Gasteiger partial charge in [0.2, 0.25) is 0 Å². The molecule has 0 unspecified atom stereocenters. The van der Waals surface area contributed by atoms with Crippen molar-refractivity contribution in [3.05, 3.63) is 76.9 Å². The molecule has 3 nitrogen and oxygen atoms in total. The Labute approximate surface area is 183 Å². The van der Waals surface area contributed by atoms with Crippen LogP contribution in [0.3, 0.4) is 0 Å². The predicted octanol–water partition coefficient (Wildman–Crippen LogP) is 6.77. The van der Waals surface area contributed by atoms with Crippen molar-refractivity contribution < 1.29 is 0 Å². The maximum Gasteiger partial charge on any atom is 0.133 e. The van der Waals surface area contributed by atoms with E-state index in [-0.39, 0.29) is 11.0 Å². The molecule has 0 amide bonds. The number of fused-ring (bicyclic) bond motifs is 4. The molecule has 3 heteroatoms. The molecule has 3 aliphatic carbocycles. The average molecular weight is 404 g/mol. The van der Waals surface area contributed by atoms with E-state index in [9.17, 15) is 10.5 Å². The molecule has 1 saturated carbocycles. The summed E-state index contributed by atoms with van der Waals surface area (Å²) in [7, 11) is 0. The molecule has 1 heterocycles. The van der Waals surface area contributed by atoms with Gasteiger partial charge in [-0.1, -0.05) is 56.3 Å². The van der Waals surface area contributed by atoms with Crippen LogP contribution in [-0.4, -0.2) is 4.57 Å². The molecular formula is C28H25N3. The van der Waals surface area contributed by atoms with E-state index in [1.54, 1.807) is 0 Å².